The van der Waals surface area contributed by atoms with Gasteiger partial charge in [-0.15, -0.1) is 0 Å². The van der Waals surface area contributed by atoms with Gasteiger partial charge in [-0.3, -0.25) is 0 Å². The van der Waals surface area contributed by atoms with Crippen LogP contribution in [-0.4, -0.2) is 19.3 Å². The first-order valence-corrected chi connectivity index (χ1v) is 6.69. The van der Waals surface area contributed by atoms with Gasteiger partial charge < -0.3 is 10.1 Å². The van der Waals surface area contributed by atoms with E-state index in [1.165, 1.54) is 12.1 Å². The number of ether oxygens (including phenoxy) is 1. The van der Waals surface area contributed by atoms with Crippen LogP contribution in [0, 0.1) is 5.82 Å². The van der Waals surface area contributed by atoms with Crippen molar-refractivity contribution in [1.82, 2.24) is 5.32 Å². The summed E-state index contributed by atoms with van der Waals surface area (Å²) in [6.07, 6.45) is 0. The molecule has 0 amide bonds. The molecule has 0 spiro atoms. The first-order valence-electron chi connectivity index (χ1n) is 5.94. The highest BCUT2D eigenvalue weighted by Gasteiger charge is 2.15. The van der Waals surface area contributed by atoms with E-state index in [0.29, 0.717) is 23.8 Å². The summed E-state index contributed by atoms with van der Waals surface area (Å²) in [6.45, 7) is 7.16. The molecular weight excluding hydrogens is 276 g/mol. The Balaban J connectivity index is 2.72. The van der Waals surface area contributed by atoms with Crippen LogP contribution in [0.25, 0.3) is 0 Å². The second kappa shape index (κ2) is 7.29. The molecule has 2 atom stereocenters. The van der Waals surface area contributed by atoms with Crippen molar-refractivity contribution in [2.45, 2.75) is 32.9 Å². The molecule has 0 radical (unpaired) electrons. The Hall–Kier alpha value is -0.350. The van der Waals surface area contributed by atoms with Crippen molar-refractivity contribution >= 4 is 23.2 Å². The van der Waals surface area contributed by atoms with Crippen LogP contribution in [0.5, 0.6) is 0 Å². The second-order valence-corrected chi connectivity index (χ2v) is 5.05. The molecule has 0 aliphatic carbocycles. The molecule has 0 bridgehead atoms. The molecule has 18 heavy (non-hydrogen) atoms. The minimum Gasteiger partial charge on any atom is -0.380 e. The van der Waals surface area contributed by atoms with Gasteiger partial charge in [0.05, 0.1) is 11.6 Å². The molecule has 1 N–H and O–H groups in total. The van der Waals surface area contributed by atoms with E-state index in [2.05, 4.69) is 5.32 Å². The molecule has 0 saturated carbocycles. The van der Waals surface area contributed by atoms with Crippen LogP contribution in [0.3, 0.4) is 0 Å². The highest BCUT2D eigenvalue weighted by molar-refractivity contribution is 6.35. The Bertz CT molecular complexity index is 401. The van der Waals surface area contributed by atoms with E-state index in [4.69, 9.17) is 27.9 Å². The topological polar surface area (TPSA) is 21.3 Å². The van der Waals surface area contributed by atoms with Gasteiger partial charge in [0.15, 0.2) is 0 Å². The van der Waals surface area contributed by atoms with E-state index in [1.54, 1.807) is 0 Å². The molecule has 0 saturated heterocycles. The lowest BCUT2D eigenvalue weighted by Gasteiger charge is -2.21. The van der Waals surface area contributed by atoms with Crippen LogP contribution >= 0.6 is 23.2 Å². The lowest BCUT2D eigenvalue weighted by atomic mass is 10.1. The molecule has 0 heterocycles. The van der Waals surface area contributed by atoms with Crippen molar-refractivity contribution in [2.24, 2.45) is 0 Å². The van der Waals surface area contributed by atoms with Crippen LogP contribution in [0.4, 0.5) is 4.39 Å². The third-order valence-electron chi connectivity index (χ3n) is 2.61. The zero-order valence-electron chi connectivity index (χ0n) is 10.8. The van der Waals surface area contributed by atoms with Gasteiger partial charge in [0.1, 0.15) is 5.82 Å². The average Bonchev–Trinajstić information content (AvgIpc) is 2.31. The third-order valence-corrected chi connectivity index (χ3v) is 3.23. The summed E-state index contributed by atoms with van der Waals surface area (Å²) in [7, 11) is 0. The Labute approximate surface area is 117 Å². The molecule has 1 rings (SSSR count). The maximum Gasteiger partial charge on any atom is 0.142 e. The van der Waals surface area contributed by atoms with Crippen LogP contribution in [0.2, 0.25) is 10.0 Å². The lowest BCUT2D eigenvalue weighted by molar-refractivity contribution is 0.124. The number of hydrogen-bond donors (Lipinski definition) is 1. The Morgan fingerprint density at radius 3 is 2.56 bits per heavy atom. The van der Waals surface area contributed by atoms with Crippen LogP contribution in [0.15, 0.2) is 12.1 Å². The van der Waals surface area contributed by atoms with Gasteiger partial charge in [0, 0.05) is 23.7 Å². The fourth-order valence-corrected chi connectivity index (χ4v) is 2.28. The van der Waals surface area contributed by atoms with Crippen molar-refractivity contribution < 1.29 is 9.13 Å². The highest BCUT2D eigenvalue weighted by atomic mass is 35.5. The van der Waals surface area contributed by atoms with Gasteiger partial charge in [0.2, 0.25) is 0 Å². The van der Waals surface area contributed by atoms with Gasteiger partial charge in [-0.05, 0) is 38.5 Å². The zero-order chi connectivity index (χ0) is 13.7. The molecule has 0 aromatic heterocycles. The molecule has 0 aliphatic rings. The van der Waals surface area contributed by atoms with Crippen molar-refractivity contribution in [3.63, 3.8) is 0 Å². The summed E-state index contributed by atoms with van der Waals surface area (Å²) < 4.78 is 18.7. The first-order chi connectivity index (χ1) is 8.45. The van der Waals surface area contributed by atoms with Crippen molar-refractivity contribution in [3.8, 4) is 0 Å². The van der Waals surface area contributed by atoms with Crippen LogP contribution in [-0.2, 0) is 4.74 Å². The Kier molecular flexibility index (Phi) is 6.36. The maximum atomic E-state index is 13.4. The Morgan fingerprint density at radius 1 is 1.28 bits per heavy atom. The van der Waals surface area contributed by atoms with Gasteiger partial charge in [0.25, 0.3) is 0 Å². The van der Waals surface area contributed by atoms with Gasteiger partial charge in [-0.1, -0.05) is 23.2 Å². The van der Waals surface area contributed by atoms with Gasteiger partial charge in [-0.2, -0.15) is 0 Å². The summed E-state index contributed by atoms with van der Waals surface area (Å²) in [5.74, 6) is -0.456. The number of nitrogens with one attached hydrogen (secondary N) is 1. The minimum atomic E-state index is -0.456. The monoisotopic (exact) mass is 293 g/mol. The summed E-state index contributed by atoms with van der Waals surface area (Å²) in [5, 5.41) is 3.80. The van der Waals surface area contributed by atoms with Crippen LogP contribution < -0.4 is 5.32 Å². The molecule has 0 fully saturated rings. The molecule has 1 aromatic rings. The van der Waals surface area contributed by atoms with E-state index >= 15 is 0 Å². The summed E-state index contributed by atoms with van der Waals surface area (Å²) in [6, 6.07) is 2.89. The normalized spacial score (nSPS) is 14.6. The molecular formula is C13H18Cl2FNO. The predicted molar refractivity (Wildman–Crippen MR) is 73.9 cm³/mol. The zero-order valence-corrected chi connectivity index (χ0v) is 12.3. The van der Waals surface area contributed by atoms with Crippen molar-refractivity contribution in [2.75, 3.05) is 13.2 Å². The minimum absolute atomic E-state index is 0.0401. The Morgan fingerprint density at radius 2 is 1.94 bits per heavy atom. The summed E-state index contributed by atoms with van der Waals surface area (Å²) >= 11 is 11.7. The lowest BCUT2D eigenvalue weighted by Crippen LogP contribution is -2.33. The van der Waals surface area contributed by atoms with E-state index in [1.807, 2.05) is 20.8 Å². The van der Waals surface area contributed by atoms with E-state index < -0.39 is 5.82 Å². The molecule has 1 aromatic carbocycles. The summed E-state index contributed by atoms with van der Waals surface area (Å²) in [4.78, 5) is 0. The second-order valence-electron chi connectivity index (χ2n) is 4.24. The van der Waals surface area contributed by atoms with E-state index in [-0.39, 0.29) is 17.1 Å². The smallest absolute Gasteiger partial charge is 0.142 e. The number of halogens is 3. The predicted octanol–water partition coefficient (Wildman–Crippen LogP) is 4.21. The molecule has 2 unspecified atom stereocenters. The first kappa shape index (κ1) is 15.7. The van der Waals surface area contributed by atoms with E-state index in [0.717, 1.165) is 0 Å². The quantitative estimate of drug-likeness (QED) is 0.794. The van der Waals surface area contributed by atoms with Crippen molar-refractivity contribution in [1.29, 1.82) is 0 Å². The number of rotatable bonds is 6. The molecule has 0 aliphatic heterocycles. The number of benzene rings is 1. The molecule has 2 nitrogen and oxygen atoms in total. The van der Waals surface area contributed by atoms with Gasteiger partial charge in [-0.25, -0.2) is 4.39 Å². The highest BCUT2D eigenvalue weighted by Crippen LogP contribution is 2.28. The molecule has 5 heteroatoms. The maximum absolute atomic E-state index is 13.4. The largest absolute Gasteiger partial charge is 0.380 e. The fraction of sp³-hybridized carbons (Fsp3) is 0.538. The van der Waals surface area contributed by atoms with Gasteiger partial charge >= 0.3 is 0 Å². The summed E-state index contributed by atoms with van der Waals surface area (Å²) in [5.41, 5.74) is 0.696. The van der Waals surface area contributed by atoms with Crippen molar-refractivity contribution in [3.05, 3.63) is 33.6 Å². The standard InChI is InChI=1S/C13H18Cl2FNO/c1-4-18-7-8(2)17-9(3)10-5-13(16)12(15)6-11(10)14/h5-6,8-9,17H,4,7H2,1-3H3. The SMILES string of the molecule is CCOCC(C)NC(C)c1cc(F)c(Cl)cc1Cl. The third kappa shape index (κ3) is 4.39. The fourth-order valence-electron chi connectivity index (χ4n) is 1.73. The van der Waals surface area contributed by atoms with Crippen LogP contribution in [0.1, 0.15) is 32.4 Å². The molecule has 102 valence electrons. The number of hydrogen-bond acceptors (Lipinski definition) is 2. The average molecular weight is 294 g/mol. The van der Waals surface area contributed by atoms with E-state index in [9.17, 15) is 4.39 Å².